The van der Waals surface area contributed by atoms with Gasteiger partial charge in [0.15, 0.2) is 0 Å². The molecule has 0 bridgehead atoms. The second-order valence-corrected chi connectivity index (χ2v) is 1.57. The molecule has 3 heteroatoms. The summed E-state index contributed by atoms with van der Waals surface area (Å²) in [6, 6.07) is 0. The fourth-order valence-electron chi connectivity index (χ4n) is 0.0668. The third kappa shape index (κ3) is 2.42. The smallest absolute Gasteiger partial charge is 0.0900 e. The molecule has 0 spiro atoms. The van der Waals surface area contributed by atoms with Gasteiger partial charge in [-0.2, -0.15) is 0 Å². The quantitative estimate of drug-likeness (QED) is 0.409. The lowest BCUT2D eigenvalue weighted by Gasteiger charge is -1.90. The van der Waals surface area contributed by atoms with Crippen molar-refractivity contribution >= 4 is 28.8 Å². The van der Waals surface area contributed by atoms with E-state index >= 15 is 0 Å². The Kier molecular flexibility index (Phi) is 3.47. The molecule has 0 unspecified atom stereocenters. The maximum absolute atomic E-state index is 5.25. The zero-order valence-electron chi connectivity index (χ0n) is 3.49. The minimum Gasteiger partial charge on any atom is -0.382 e. The number of halogens is 1. The minimum atomic E-state index is 0.422. The van der Waals surface area contributed by atoms with Crippen LogP contribution in [0.25, 0.3) is 0 Å². The maximum atomic E-state index is 5.25. The Bertz CT molecular complexity index is 48.8. The van der Waals surface area contributed by atoms with Crippen LogP contribution in [0, 0.1) is 0 Å². The molecule has 0 aromatic carbocycles. The van der Waals surface area contributed by atoms with E-state index in [-0.39, 0.29) is 0 Å². The van der Waals surface area contributed by atoms with Crippen molar-refractivity contribution in [2.24, 2.45) is 0 Å². The van der Waals surface area contributed by atoms with Gasteiger partial charge in [-0.05, 0) is 0 Å². The molecular formula is C3H6ClNS. The topological polar surface area (TPSA) is 12.0 Å². The number of nitrogens with one attached hydrogen (secondary N) is 1. The molecule has 0 aliphatic carbocycles. The summed E-state index contributed by atoms with van der Waals surface area (Å²) in [5.74, 6) is 0.422. The Morgan fingerprint density at radius 2 is 2.50 bits per heavy atom. The van der Waals surface area contributed by atoms with Gasteiger partial charge in [0.1, 0.15) is 0 Å². The maximum Gasteiger partial charge on any atom is 0.0900 e. The van der Waals surface area contributed by atoms with Crippen molar-refractivity contribution in [2.75, 3.05) is 12.9 Å². The van der Waals surface area contributed by atoms with Crippen molar-refractivity contribution in [1.29, 1.82) is 0 Å². The van der Waals surface area contributed by atoms with Crippen LogP contribution in [0.15, 0.2) is 0 Å². The van der Waals surface area contributed by atoms with Crippen molar-refractivity contribution in [2.45, 2.75) is 0 Å². The van der Waals surface area contributed by atoms with Gasteiger partial charge in [-0.15, -0.1) is 11.6 Å². The van der Waals surface area contributed by atoms with Crippen LogP contribution < -0.4 is 5.32 Å². The largest absolute Gasteiger partial charge is 0.382 e. The van der Waals surface area contributed by atoms with E-state index in [4.69, 9.17) is 11.6 Å². The van der Waals surface area contributed by atoms with Crippen LogP contribution >= 0.6 is 23.8 Å². The van der Waals surface area contributed by atoms with E-state index in [1.165, 1.54) is 0 Å². The molecule has 0 amide bonds. The fraction of sp³-hybridized carbons (Fsp3) is 0.667. The fourth-order valence-corrected chi connectivity index (χ4v) is 0.200. The summed E-state index contributed by atoms with van der Waals surface area (Å²) in [4.78, 5) is 0.691. The molecule has 0 atom stereocenters. The summed E-state index contributed by atoms with van der Waals surface area (Å²) in [6.07, 6.45) is 0. The van der Waals surface area contributed by atoms with Gasteiger partial charge < -0.3 is 5.32 Å². The lowest BCUT2D eigenvalue weighted by Crippen LogP contribution is -2.15. The Morgan fingerprint density at radius 3 is 2.50 bits per heavy atom. The van der Waals surface area contributed by atoms with Crippen LogP contribution in [0.2, 0.25) is 0 Å². The molecule has 0 saturated carbocycles. The second-order valence-electron chi connectivity index (χ2n) is 0.807. The van der Waals surface area contributed by atoms with Gasteiger partial charge in [-0.25, -0.2) is 0 Å². The highest BCUT2D eigenvalue weighted by molar-refractivity contribution is 7.80. The first-order valence-electron chi connectivity index (χ1n) is 1.57. The summed E-state index contributed by atoms with van der Waals surface area (Å²) >= 11 is 9.86. The molecule has 0 aliphatic rings. The summed E-state index contributed by atoms with van der Waals surface area (Å²) in [6.45, 7) is 0. The van der Waals surface area contributed by atoms with E-state index in [1.54, 1.807) is 7.05 Å². The first-order valence-corrected chi connectivity index (χ1v) is 2.52. The molecule has 36 valence electrons. The Balaban J connectivity index is 2.99. The van der Waals surface area contributed by atoms with Crippen LogP contribution in [0.3, 0.4) is 0 Å². The molecular weight excluding hydrogens is 118 g/mol. The highest BCUT2D eigenvalue weighted by Crippen LogP contribution is 1.73. The summed E-state index contributed by atoms with van der Waals surface area (Å²) < 4.78 is 0. The van der Waals surface area contributed by atoms with Gasteiger partial charge >= 0.3 is 0 Å². The average molecular weight is 124 g/mol. The molecule has 0 saturated heterocycles. The van der Waals surface area contributed by atoms with Gasteiger partial charge in [0, 0.05) is 7.05 Å². The normalized spacial score (nSPS) is 7.67. The lowest BCUT2D eigenvalue weighted by atomic mass is 10.8. The van der Waals surface area contributed by atoms with E-state index in [9.17, 15) is 0 Å². The molecule has 0 aliphatic heterocycles. The summed E-state index contributed by atoms with van der Waals surface area (Å²) in [5.41, 5.74) is 0. The second kappa shape index (κ2) is 3.37. The van der Waals surface area contributed by atoms with E-state index in [0.717, 1.165) is 0 Å². The number of hydrogen-bond acceptors (Lipinski definition) is 1. The van der Waals surface area contributed by atoms with Crippen LogP contribution in [-0.2, 0) is 0 Å². The minimum absolute atomic E-state index is 0.422. The van der Waals surface area contributed by atoms with Crippen molar-refractivity contribution in [1.82, 2.24) is 5.32 Å². The van der Waals surface area contributed by atoms with E-state index < -0.39 is 0 Å². The Labute approximate surface area is 47.7 Å². The predicted molar refractivity (Wildman–Crippen MR) is 32.4 cm³/mol. The molecule has 0 rings (SSSR count). The molecule has 6 heavy (non-hydrogen) atoms. The molecule has 0 fully saturated rings. The Morgan fingerprint density at radius 1 is 2.00 bits per heavy atom. The zero-order chi connectivity index (χ0) is 4.99. The predicted octanol–water partition coefficient (Wildman–Crippen LogP) is 0.772. The molecule has 1 N–H and O–H groups in total. The molecule has 0 radical (unpaired) electrons. The summed E-state index contributed by atoms with van der Waals surface area (Å²) in [7, 11) is 1.75. The first kappa shape index (κ1) is 6.18. The lowest BCUT2D eigenvalue weighted by molar-refractivity contribution is 1.20. The van der Waals surface area contributed by atoms with Crippen molar-refractivity contribution in [3.8, 4) is 0 Å². The van der Waals surface area contributed by atoms with Gasteiger partial charge in [0.25, 0.3) is 0 Å². The Hall–Kier alpha value is 0.180. The van der Waals surface area contributed by atoms with Crippen LogP contribution in [0.5, 0.6) is 0 Å². The van der Waals surface area contributed by atoms with Crippen LogP contribution in [-0.4, -0.2) is 17.9 Å². The molecule has 1 nitrogen and oxygen atoms in total. The van der Waals surface area contributed by atoms with Crippen LogP contribution in [0.4, 0.5) is 0 Å². The summed E-state index contributed by atoms with van der Waals surface area (Å²) in [5, 5.41) is 2.71. The average Bonchev–Trinajstić information content (AvgIpc) is 1.65. The van der Waals surface area contributed by atoms with Gasteiger partial charge in [-0.3, -0.25) is 0 Å². The monoisotopic (exact) mass is 123 g/mol. The highest BCUT2D eigenvalue weighted by Gasteiger charge is 1.80. The van der Waals surface area contributed by atoms with Crippen molar-refractivity contribution in [3.63, 3.8) is 0 Å². The van der Waals surface area contributed by atoms with Gasteiger partial charge in [0.05, 0.1) is 10.9 Å². The first-order chi connectivity index (χ1) is 2.81. The number of hydrogen-bond donors (Lipinski definition) is 1. The molecule has 0 heterocycles. The standard InChI is InChI=1S/C3H6ClNS/c1-5-3(6)2-4/h2H2,1H3,(H,5,6). The van der Waals surface area contributed by atoms with E-state index in [2.05, 4.69) is 17.5 Å². The van der Waals surface area contributed by atoms with Crippen molar-refractivity contribution < 1.29 is 0 Å². The van der Waals surface area contributed by atoms with Crippen molar-refractivity contribution in [3.05, 3.63) is 0 Å². The van der Waals surface area contributed by atoms with E-state index in [0.29, 0.717) is 10.9 Å². The SMILES string of the molecule is CNC(=S)CCl. The number of thiocarbonyl (C=S) groups is 1. The van der Waals surface area contributed by atoms with Gasteiger partial charge in [0.2, 0.25) is 0 Å². The van der Waals surface area contributed by atoms with Gasteiger partial charge in [-0.1, -0.05) is 12.2 Å². The van der Waals surface area contributed by atoms with Crippen LogP contribution in [0.1, 0.15) is 0 Å². The molecule has 0 aromatic heterocycles. The third-order valence-corrected chi connectivity index (χ3v) is 1.17. The zero-order valence-corrected chi connectivity index (χ0v) is 5.07. The number of rotatable bonds is 1. The number of alkyl halides is 1. The highest BCUT2D eigenvalue weighted by atomic mass is 35.5. The van der Waals surface area contributed by atoms with E-state index in [1.807, 2.05) is 0 Å². The molecule has 0 aromatic rings. The third-order valence-electron chi connectivity index (χ3n) is 0.400.